The third-order valence-electron chi connectivity index (χ3n) is 4.53. The van der Waals surface area contributed by atoms with E-state index in [0.29, 0.717) is 0 Å². The van der Waals surface area contributed by atoms with Crippen LogP contribution in [0.5, 0.6) is 0 Å². The molecule has 2 heterocycles. The van der Waals surface area contributed by atoms with Crippen molar-refractivity contribution in [2.24, 2.45) is 9.98 Å². The van der Waals surface area contributed by atoms with Crippen LogP contribution in [0.15, 0.2) is 88.8 Å². The first kappa shape index (κ1) is 12.6. The minimum Gasteiger partial charge on any atom is -0.262 e. The Bertz CT molecular complexity index is 974. The Morgan fingerprint density at radius 2 is 1.22 bits per heavy atom. The van der Waals surface area contributed by atoms with E-state index in [1.807, 2.05) is 18.2 Å². The minimum absolute atomic E-state index is 0.128. The average molecular weight is 292 g/mol. The highest BCUT2D eigenvalue weighted by atomic mass is 14.8. The average Bonchev–Trinajstić information content (AvgIpc) is 3.02. The Balaban J connectivity index is 1.81. The maximum atomic E-state index is 4.99. The van der Waals surface area contributed by atoms with E-state index in [0.717, 1.165) is 33.7 Å². The SMILES string of the molecule is c1ccc(C2=Nc3ccccc3C3=Nc4ccccc4B23)cc1. The Labute approximate surface area is 135 Å². The lowest BCUT2D eigenvalue weighted by Gasteiger charge is -2.21. The molecule has 23 heavy (non-hydrogen) atoms. The van der Waals surface area contributed by atoms with Crippen LogP contribution in [0.1, 0.15) is 11.1 Å². The number of aliphatic imine (C=N–C) groups is 2. The predicted octanol–water partition coefficient (Wildman–Crippen LogP) is 3.74. The molecule has 5 rings (SSSR count). The van der Waals surface area contributed by atoms with Crippen LogP contribution in [0.3, 0.4) is 0 Å². The van der Waals surface area contributed by atoms with E-state index in [4.69, 9.17) is 9.98 Å². The molecule has 0 spiro atoms. The predicted molar refractivity (Wildman–Crippen MR) is 97.1 cm³/mol. The molecule has 0 fully saturated rings. The standard InChI is InChI=1S/C20H13BN2/c1-2-8-14(9-3-1)19-21-16-11-5-7-13-18(16)23-20(21)15-10-4-6-12-17(15)22-19/h1-13H. The van der Waals surface area contributed by atoms with Crippen molar-refractivity contribution in [2.75, 3.05) is 0 Å². The molecule has 0 aromatic heterocycles. The summed E-state index contributed by atoms with van der Waals surface area (Å²) < 4.78 is 0. The molecule has 0 unspecified atom stereocenters. The summed E-state index contributed by atoms with van der Waals surface area (Å²) >= 11 is 0. The van der Waals surface area contributed by atoms with Crippen LogP contribution in [-0.2, 0) is 0 Å². The summed E-state index contributed by atoms with van der Waals surface area (Å²) in [6, 6.07) is 27.1. The van der Waals surface area contributed by atoms with Crippen molar-refractivity contribution in [1.29, 1.82) is 0 Å². The number of rotatable bonds is 1. The second kappa shape index (κ2) is 4.78. The van der Waals surface area contributed by atoms with Gasteiger partial charge in [0, 0.05) is 16.8 Å². The number of fused-ring (bicyclic) bond motifs is 5. The van der Waals surface area contributed by atoms with Crippen LogP contribution < -0.4 is 5.46 Å². The van der Waals surface area contributed by atoms with Crippen LogP contribution >= 0.6 is 0 Å². The van der Waals surface area contributed by atoms with Crippen molar-refractivity contribution in [3.05, 3.63) is 90.0 Å². The molecule has 0 amide bonds. The van der Waals surface area contributed by atoms with Gasteiger partial charge in [0.05, 0.1) is 11.4 Å². The maximum absolute atomic E-state index is 4.99. The number of benzene rings is 3. The molecule has 2 nitrogen and oxygen atoms in total. The fraction of sp³-hybridized carbons (Fsp3) is 0. The van der Waals surface area contributed by atoms with Crippen molar-refractivity contribution >= 4 is 34.8 Å². The van der Waals surface area contributed by atoms with E-state index in [1.165, 1.54) is 5.46 Å². The summed E-state index contributed by atoms with van der Waals surface area (Å²) in [5.74, 6) is 0. The van der Waals surface area contributed by atoms with Gasteiger partial charge >= 0.3 is 0 Å². The molecular formula is C20H13BN2. The first-order valence-corrected chi connectivity index (χ1v) is 7.83. The van der Waals surface area contributed by atoms with Gasteiger partial charge < -0.3 is 0 Å². The smallest absolute Gasteiger partial charge is 0.262 e. The van der Waals surface area contributed by atoms with E-state index in [9.17, 15) is 0 Å². The quantitative estimate of drug-likeness (QED) is 0.610. The van der Waals surface area contributed by atoms with Gasteiger partial charge in [-0.25, -0.2) is 0 Å². The van der Waals surface area contributed by atoms with Crippen LogP contribution in [0.25, 0.3) is 0 Å². The molecule has 106 valence electrons. The van der Waals surface area contributed by atoms with Gasteiger partial charge in [-0.05, 0) is 23.2 Å². The van der Waals surface area contributed by atoms with Gasteiger partial charge in [-0.3, -0.25) is 9.98 Å². The minimum atomic E-state index is 0.128. The molecule has 0 saturated heterocycles. The highest BCUT2D eigenvalue weighted by Gasteiger charge is 2.40. The van der Waals surface area contributed by atoms with Gasteiger partial charge in [-0.2, -0.15) is 0 Å². The largest absolute Gasteiger partial charge is 0.292 e. The van der Waals surface area contributed by atoms with E-state index < -0.39 is 0 Å². The monoisotopic (exact) mass is 292 g/mol. The summed E-state index contributed by atoms with van der Waals surface area (Å²) in [6.07, 6.45) is 0. The van der Waals surface area contributed by atoms with Crippen LogP contribution in [0.2, 0.25) is 0 Å². The molecule has 0 atom stereocenters. The van der Waals surface area contributed by atoms with Gasteiger partial charge in [0.2, 0.25) is 0 Å². The van der Waals surface area contributed by atoms with Gasteiger partial charge in [-0.1, -0.05) is 66.7 Å². The normalized spacial score (nSPS) is 14.5. The van der Waals surface area contributed by atoms with Crippen molar-refractivity contribution in [3.8, 4) is 0 Å². The summed E-state index contributed by atoms with van der Waals surface area (Å²) in [5, 5.41) is 0. The summed E-state index contributed by atoms with van der Waals surface area (Å²) in [6.45, 7) is 0.128. The zero-order chi connectivity index (χ0) is 15.2. The topological polar surface area (TPSA) is 24.7 Å². The van der Waals surface area contributed by atoms with Gasteiger partial charge in [0.25, 0.3) is 6.71 Å². The van der Waals surface area contributed by atoms with E-state index in [1.54, 1.807) is 0 Å². The maximum Gasteiger partial charge on any atom is 0.292 e. The second-order valence-corrected chi connectivity index (χ2v) is 5.87. The Morgan fingerprint density at radius 3 is 2.09 bits per heavy atom. The number of hydrogen-bond acceptors (Lipinski definition) is 2. The molecule has 3 aromatic carbocycles. The molecule has 2 aliphatic heterocycles. The zero-order valence-electron chi connectivity index (χ0n) is 12.5. The lowest BCUT2D eigenvalue weighted by Crippen LogP contribution is -2.46. The summed E-state index contributed by atoms with van der Waals surface area (Å²) in [5.41, 5.74) is 7.84. The molecule has 0 saturated carbocycles. The van der Waals surface area contributed by atoms with Crippen molar-refractivity contribution in [1.82, 2.24) is 0 Å². The molecule has 3 heteroatoms. The van der Waals surface area contributed by atoms with E-state index in [-0.39, 0.29) is 6.71 Å². The molecule has 3 aromatic rings. The first-order chi connectivity index (χ1) is 11.4. The molecule has 0 aliphatic carbocycles. The van der Waals surface area contributed by atoms with Crippen molar-refractivity contribution in [3.63, 3.8) is 0 Å². The molecule has 0 N–H and O–H groups in total. The molecule has 0 bridgehead atoms. The summed E-state index contributed by atoms with van der Waals surface area (Å²) in [7, 11) is 0. The number of nitrogens with zero attached hydrogens (tertiary/aromatic N) is 2. The lowest BCUT2D eigenvalue weighted by atomic mass is 9.36. The van der Waals surface area contributed by atoms with Gasteiger partial charge in [-0.15, -0.1) is 0 Å². The fourth-order valence-electron chi connectivity index (χ4n) is 3.49. The Kier molecular flexibility index (Phi) is 2.62. The highest BCUT2D eigenvalue weighted by Crippen LogP contribution is 2.32. The first-order valence-electron chi connectivity index (χ1n) is 7.83. The van der Waals surface area contributed by atoms with Crippen LogP contribution in [0, 0.1) is 0 Å². The lowest BCUT2D eigenvalue weighted by molar-refractivity contribution is 1.47. The Hall–Kier alpha value is -2.94. The van der Waals surface area contributed by atoms with Crippen molar-refractivity contribution < 1.29 is 0 Å². The molecule has 2 aliphatic rings. The third kappa shape index (κ3) is 1.83. The Morgan fingerprint density at radius 1 is 0.565 bits per heavy atom. The van der Waals surface area contributed by atoms with Crippen LogP contribution in [0.4, 0.5) is 11.4 Å². The zero-order valence-corrected chi connectivity index (χ0v) is 12.5. The highest BCUT2D eigenvalue weighted by molar-refractivity contribution is 7.24. The molecular weight excluding hydrogens is 279 g/mol. The van der Waals surface area contributed by atoms with Crippen LogP contribution in [-0.4, -0.2) is 17.9 Å². The second-order valence-electron chi connectivity index (χ2n) is 5.87. The van der Waals surface area contributed by atoms with E-state index >= 15 is 0 Å². The third-order valence-corrected chi connectivity index (χ3v) is 4.53. The van der Waals surface area contributed by atoms with Gasteiger partial charge in [0.15, 0.2) is 0 Å². The number of hydrogen-bond donors (Lipinski definition) is 0. The van der Waals surface area contributed by atoms with Crippen molar-refractivity contribution in [2.45, 2.75) is 0 Å². The fourth-order valence-corrected chi connectivity index (χ4v) is 3.49. The van der Waals surface area contributed by atoms with Gasteiger partial charge in [0.1, 0.15) is 0 Å². The molecule has 0 radical (unpaired) electrons. The number of para-hydroxylation sites is 2. The van der Waals surface area contributed by atoms with E-state index in [2.05, 4.69) is 60.7 Å². The summed E-state index contributed by atoms with van der Waals surface area (Å²) in [4.78, 5) is 9.92.